The molecule has 3 atom stereocenters. The van der Waals surface area contributed by atoms with Crippen LogP contribution in [0, 0.1) is 5.92 Å². The van der Waals surface area contributed by atoms with Crippen LogP contribution in [-0.4, -0.2) is 28.0 Å². The highest BCUT2D eigenvalue weighted by molar-refractivity contribution is 9.12. The van der Waals surface area contributed by atoms with Gasteiger partial charge in [0.1, 0.15) is 5.92 Å². The molecule has 1 rings (SSSR count). The minimum absolute atomic E-state index is 0.0365. The van der Waals surface area contributed by atoms with E-state index in [1.807, 2.05) is 0 Å². The minimum atomic E-state index is -0.589. The Labute approximate surface area is 93.5 Å². The second kappa shape index (κ2) is 4.55. The van der Waals surface area contributed by atoms with E-state index in [0.29, 0.717) is 13.0 Å². The van der Waals surface area contributed by atoms with Crippen LogP contribution in [0.3, 0.4) is 0 Å². The van der Waals surface area contributed by atoms with Crippen molar-refractivity contribution in [3.8, 4) is 0 Å². The van der Waals surface area contributed by atoms with Gasteiger partial charge in [-0.15, -0.1) is 0 Å². The molecule has 1 aliphatic carbocycles. The van der Waals surface area contributed by atoms with Crippen LogP contribution in [0.25, 0.3) is 0 Å². The van der Waals surface area contributed by atoms with Crippen molar-refractivity contribution in [2.24, 2.45) is 5.92 Å². The molecule has 0 N–H and O–H groups in total. The van der Waals surface area contributed by atoms with Crippen molar-refractivity contribution in [2.45, 2.75) is 23.0 Å². The first-order chi connectivity index (χ1) is 6.07. The van der Waals surface area contributed by atoms with Crippen molar-refractivity contribution in [2.75, 3.05) is 6.61 Å². The smallest absolute Gasteiger partial charge is 0.316 e. The minimum Gasteiger partial charge on any atom is -0.465 e. The summed E-state index contributed by atoms with van der Waals surface area (Å²) in [6.45, 7) is 2.05. The Balaban J connectivity index is 2.63. The average Bonchev–Trinajstić information content (AvgIpc) is 2.33. The highest BCUT2D eigenvalue weighted by Crippen LogP contribution is 2.33. The zero-order chi connectivity index (χ0) is 10.0. The Bertz CT molecular complexity index is 229. The molecule has 13 heavy (non-hydrogen) atoms. The molecule has 1 saturated carbocycles. The molecule has 0 unspecified atom stereocenters. The van der Waals surface area contributed by atoms with Gasteiger partial charge in [0, 0.05) is 4.83 Å². The molecule has 0 aromatic rings. The Morgan fingerprint density at radius 3 is 2.62 bits per heavy atom. The number of carbonyl (C=O) groups excluding carboxylic acids is 2. The first kappa shape index (κ1) is 11.2. The zero-order valence-electron chi connectivity index (χ0n) is 7.13. The van der Waals surface area contributed by atoms with Gasteiger partial charge >= 0.3 is 5.97 Å². The molecule has 74 valence electrons. The fourth-order valence-electron chi connectivity index (χ4n) is 1.29. The lowest BCUT2D eigenvalue weighted by atomic mass is 10.1. The SMILES string of the molecule is CCOC(=O)[C@@H]1C[C@H](Br)[C@H](Br)C1=O. The van der Waals surface area contributed by atoms with Gasteiger partial charge in [0.2, 0.25) is 0 Å². The summed E-state index contributed by atoms with van der Waals surface area (Å²) in [6.07, 6.45) is 0.521. The van der Waals surface area contributed by atoms with Gasteiger partial charge in [-0.3, -0.25) is 9.59 Å². The predicted molar refractivity (Wildman–Crippen MR) is 55.2 cm³/mol. The maximum Gasteiger partial charge on any atom is 0.316 e. The van der Waals surface area contributed by atoms with Crippen LogP contribution < -0.4 is 0 Å². The topological polar surface area (TPSA) is 43.4 Å². The van der Waals surface area contributed by atoms with E-state index in [9.17, 15) is 9.59 Å². The van der Waals surface area contributed by atoms with Crippen molar-refractivity contribution >= 4 is 43.6 Å². The van der Waals surface area contributed by atoms with Gasteiger partial charge in [-0.25, -0.2) is 0 Å². The lowest BCUT2D eigenvalue weighted by molar-refractivity contribution is -0.150. The summed E-state index contributed by atoms with van der Waals surface area (Å²) >= 11 is 6.55. The molecule has 0 aromatic carbocycles. The number of carbonyl (C=O) groups is 2. The lowest BCUT2D eigenvalue weighted by Gasteiger charge is -2.06. The first-order valence-corrected chi connectivity index (χ1v) is 5.89. The number of alkyl halides is 2. The van der Waals surface area contributed by atoms with E-state index in [2.05, 4.69) is 31.9 Å². The van der Waals surface area contributed by atoms with Crippen LogP contribution in [0.5, 0.6) is 0 Å². The van der Waals surface area contributed by atoms with Gasteiger partial charge in [0.05, 0.1) is 11.4 Å². The number of Topliss-reactive ketones (excluding diaryl/α,β-unsaturated/α-hetero) is 1. The molecule has 0 heterocycles. The Morgan fingerprint density at radius 2 is 2.23 bits per heavy atom. The standard InChI is InChI=1S/C8H10Br2O3/c1-2-13-8(12)4-3-5(9)6(10)7(4)11/h4-6H,2-3H2,1H3/t4-,5+,6+/m1/s1. The third-order valence-electron chi connectivity index (χ3n) is 1.96. The second-order valence-corrected chi connectivity index (χ2v) is 5.02. The van der Waals surface area contributed by atoms with Crippen molar-refractivity contribution in [3.63, 3.8) is 0 Å². The maximum absolute atomic E-state index is 11.5. The molecule has 0 spiro atoms. The normalized spacial score (nSPS) is 33.5. The van der Waals surface area contributed by atoms with Gasteiger partial charge in [-0.2, -0.15) is 0 Å². The van der Waals surface area contributed by atoms with E-state index in [0.717, 1.165) is 0 Å². The molecule has 0 aromatic heterocycles. The van der Waals surface area contributed by atoms with Gasteiger partial charge in [0.25, 0.3) is 0 Å². The monoisotopic (exact) mass is 312 g/mol. The van der Waals surface area contributed by atoms with Crippen LogP contribution in [0.2, 0.25) is 0 Å². The quantitative estimate of drug-likeness (QED) is 0.442. The van der Waals surface area contributed by atoms with E-state index in [1.54, 1.807) is 6.92 Å². The largest absolute Gasteiger partial charge is 0.465 e. The Hall–Kier alpha value is 0.1000. The summed E-state index contributed by atoms with van der Waals surface area (Å²) in [4.78, 5) is 22.5. The molecule has 5 heteroatoms. The van der Waals surface area contributed by atoms with E-state index < -0.39 is 11.9 Å². The summed E-state index contributed by atoms with van der Waals surface area (Å²) in [6, 6.07) is 0. The van der Waals surface area contributed by atoms with Crippen LogP contribution in [-0.2, 0) is 14.3 Å². The number of hydrogen-bond acceptors (Lipinski definition) is 3. The van der Waals surface area contributed by atoms with Crippen LogP contribution in [0.1, 0.15) is 13.3 Å². The van der Waals surface area contributed by atoms with Gasteiger partial charge in [-0.1, -0.05) is 31.9 Å². The number of hydrogen-bond donors (Lipinski definition) is 0. The zero-order valence-corrected chi connectivity index (χ0v) is 10.3. The summed E-state index contributed by atoms with van der Waals surface area (Å²) in [7, 11) is 0. The molecule has 3 nitrogen and oxygen atoms in total. The summed E-state index contributed by atoms with van der Waals surface area (Å²) < 4.78 is 4.79. The van der Waals surface area contributed by atoms with Crippen LogP contribution in [0.15, 0.2) is 0 Å². The van der Waals surface area contributed by atoms with E-state index in [1.165, 1.54) is 0 Å². The Kier molecular flexibility index (Phi) is 3.91. The van der Waals surface area contributed by atoms with Crippen LogP contribution in [0.4, 0.5) is 0 Å². The number of esters is 1. The van der Waals surface area contributed by atoms with Crippen molar-refractivity contribution in [1.29, 1.82) is 0 Å². The molecule has 0 amide bonds. The fraction of sp³-hybridized carbons (Fsp3) is 0.750. The van der Waals surface area contributed by atoms with E-state index in [4.69, 9.17) is 4.74 Å². The van der Waals surface area contributed by atoms with Crippen molar-refractivity contribution in [1.82, 2.24) is 0 Å². The van der Waals surface area contributed by atoms with Crippen molar-refractivity contribution in [3.05, 3.63) is 0 Å². The van der Waals surface area contributed by atoms with Crippen molar-refractivity contribution < 1.29 is 14.3 Å². The van der Waals surface area contributed by atoms with Crippen LogP contribution >= 0.6 is 31.9 Å². The van der Waals surface area contributed by atoms with Gasteiger partial charge in [0.15, 0.2) is 5.78 Å². The Morgan fingerprint density at radius 1 is 1.62 bits per heavy atom. The summed E-state index contributed by atoms with van der Waals surface area (Å²) in [5.41, 5.74) is 0. The highest BCUT2D eigenvalue weighted by Gasteiger charge is 2.43. The second-order valence-electron chi connectivity index (χ2n) is 2.86. The third-order valence-corrected chi connectivity index (χ3v) is 4.67. The maximum atomic E-state index is 11.5. The highest BCUT2D eigenvalue weighted by atomic mass is 79.9. The van der Waals surface area contributed by atoms with Gasteiger partial charge < -0.3 is 4.74 Å². The number of halogens is 2. The molecule has 0 bridgehead atoms. The van der Waals surface area contributed by atoms with E-state index in [-0.39, 0.29) is 15.4 Å². The molecule has 0 aliphatic heterocycles. The van der Waals surface area contributed by atoms with E-state index >= 15 is 0 Å². The molecule has 1 aliphatic rings. The third kappa shape index (κ3) is 2.31. The number of rotatable bonds is 2. The molecular formula is C8H10Br2O3. The molecule has 0 radical (unpaired) electrons. The lowest BCUT2D eigenvalue weighted by Crippen LogP contribution is -2.24. The summed E-state index contributed by atoms with van der Waals surface area (Å²) in [5, 5.41) is 0. The molecule has 0 saturated heterocycles. The van der Waals surface area contributed by atoms with Gasteiger partial charge in [-0.05, 0) is 13.3 Å². The molecule has 1 fully saturated rings. The molecular weight excluding hydrogens is 304 g/mol. The number of ketones is 1. The number of ether oxygens (including phenoxy) is 1. The first-order valence-electron chi connectivity index (χ1n) is 4.06. The fourth-order valence-corrected chi connectivity index (χ4v) is 2.46. The summed E-state index contributed by atoms with van der Waals surface area (Å²) in [5.74, 6) is -1.08. The predicted octanol–water partition coefficient (Wildman–Crippen LogP) is 1.67. The average molecular weight is 314 g/mol.